The van der Waals surface area contributed by atoms with Crippen LogP contribution in [0.5, 0.6) is 5.75 Å². The summed E-state index contributed by atoms with van der Waals surface area (Å²) in [5, 5.41) is 9.22. The highest BCUT2D eigenvalue weighted by atomic mass is 19.4. The molecule has 0 aliphatic heterocycles. The first-order valence-electron chi connectivity index (χ1n) is 9.02. The molecule has 0 spiro atoms. The average molecular weight is 422 g/mol. The maximum Gasteiger partial charge on any atom is 0.435 e. The number of alkyl halides is 3. The minimum absolute atomic E-state index is 0.0678. The minimum Gasteiger partial charge on any atom is -0.494 e. The van der Waals surface area contributed by atoms with E-state index in [1.165, 1.54) is 0 Å². The second-order valence-electron chi connectivity index (χ2n) is 6.45. The standard InChI is InChI=1S/C20H18F4N4O2/c1-13-4-2-5-16(12-13)30-11-3-10-25-19(29)17-18(20(22,23)24)28(27-26-17)15-8-6-14(21)7-9-15/h2,4-9,12H,3,10-11H2,1H3,(H,25,29). The first kappa shape index (κ1) is 21.3. The van der Waals surface area contributed by atoms with Crippen LogP contribution in [0.4, 0.5) is 17.6 Å². The Morgan fingerprint density at radius 1 is 1.17 bits per heavy atom. The third-order valence-electron chi connectivity index (χ3n) is 4.09. The summed E-state index contributed by atoms with van der Waals surface area (Å²) in [4.78, 5) is 12.3. The number of aromatic nitrogens is 3. The molecule has 0 bridgehead atoms. The molecule has 0 saturated carbocycles. The van der Waals surface area contributed by atoms with Gasteiger partial charge in [0.25, 0.3) is 5.91 Å². The van der Waals surface area contributed by atoms with Crippen LogP contribution < -0.4 is 10.1 Å². The normalized spacial score (nSPS) is 11.4. The van der Waals surface area contributed by atoms with E-state index in [1.807, 2.05) is 25.1 Å². The van der Waals surface area contributed by atoms with Gasteiger partial charge in [0, 0.05) is 6.54 Å². The Morgan fingerprint density at radius 2 is 1.90 bits per heavy atom. The summed E-state index contributed by atoms with van der Waals surface area (Å²) in [6.07, 6.45) is -4.51. The van der Waals surface area contributed by atoms with E-state index in [-0.39, 0.29) is 18.8 Å². The zero-order valence-electron chi connectivity index (χ0n) is 15.9. The van der Waals surface area contributed by atoms with Crippen molar-refractivity contribution in [3.05, 3.63) is 71.3 Å². The molecule has 0 aliphatic rings. The molecule has 0 saturated heterocycles. The van der Waals surface area contributed by atoms with Crippen molar-refractivity contribution in [2.45, 2.75) is 19.5 Å². The van der Waals surface area contributed by atoms with Crippen LogP contribution in [0.2, 0.25) is 0 Å². The molecule has 6 nitrogen and oxygen atoms in total. The van der Waals surface area contributed by atoms with Crippen molar-refractivity contribution in [1.82, 2.24) is 20.3 Å². The monoisotopic (exact) mass is 422 g/mol. The number of rotatable bonds is 7. The molecule has 1 N–H and O–H groups in total. The Balaban J connectivity index is 1.64. The third-order valence-corrected chi connectivity index (χ3v) is 4.09. The summed E-state index contributed by atoms with van der Waals surface area (Å²) >= 11 is 0. The number of benzene rings is 2. The summed E-state index contributed by atoms with van der Waals surface area (Å²) < 4.78 is 59.7. The van der Waals surface area contributed by atoms with Gasteiger partial charge >= 0.3 is 6.18 Å². The number of carbonyl (C=O) groups excluding carboxylic acids is 1. The van der Waals surface area contributed by atoms with Gasteiger partial charge in [0.1, 0.15) is 11.6 Å². The number of halogens is 4. The molecule has 0 aliphatic carbocycles. The van der Waals surface area contributed by atoms with Gasteiger partial charge in [-0.1, -0.05) is 17.3 Å². The highest BCUT2D eigenvalue weighted by Gasteiger charge is 2.41. The zero-order valence-corrected chi connectivity index (χ0v) is 15.9. The van der Waals surface area contributed by atoms with Gasteiger partial charge in [-0.3, -0.25) is 4.79 Å². The highest BCUT2D eigenvalue weighted by molar-refractivity contribution is 5.93. The van der Waals surface area contributed by atoms with E-state index < -0.39 is 29.3 Å². The second kappa shape index (κ2) is 8.93. The number of nitrogens with zero attached hydrogens (tertiary/aromatic N) is 3. The number of hydrogen-bond acceptors (Lipinski definition) is 4. The quantitative estimate of drug-likeness (QED) is 0.463. The molecule has 0 unspecified atom stereocenters. The summed E-state index contributed by atoms with van der Waals surface area (Å²) in [5.41, 5.74) is -1.22. The van der Waals surface area contributed by atoms with Crippen LogP contribution in [-0.4, -0.2) is 34.1 Å². The molecule has 0 atom stereocenters. The maximum absolute atomic E-state index is 13.6. The molecule has 30 heavy (non-hydrogen) atoms. The van der Waals surface area contributed by atoms with E-state index in [0.29, 0.717) is 16.9 Å². The van der Waals surface area contributed by atoms with Crippen molar-refractivity contribution in [1.29, 1.82) is 0 Å². The van der Waals surface area contributed by atoms with Crippen molar-refractivity contribution in [2.75, 3.05) is 13.2 Å². The molecule has 0 fully saturated rings. The SMILES string of the molecule is Cc1cccc(OCCCNC(=O)c2nnn(-c3ccc(F)cc3)c2C(F)(F)F)c1. The van der Waals surface area contributed by atoms with Gasteiger partial charge in [-0.25, -0.2) is 9.07 Å². The largest absolute Gasteiger partial charge is 0.494 e. The number of aryl methyl sites for hydroxylation is 1. The molecule has 1 aromatic heterocycles. The van der Waals surface area contributed by atoms with Crippen LogP contribution in [0, 0.1) is 12.7 Å². The second-order valence-corrected chi connectivity index (χ2v) is 6.45. The number of nitrogens with one attached hydrogen (secondary N) is 1. The van der Waals surface area contributed by atoms with Crippen molar-refractivity contribution >= 4 is 5.91 Å². The average Bonchev–Trinajstić information content (AvgIpc) is 3.14. The lowest BCUT2D eigenvalue weighted by Crippen LogP contribution is -2.28. The Labute approximate surface area is 169 Å². The van der Waals surface area contributed by atoms with Crippen molar-refractivity contribution in [2.24, 2.45) is 0 Å². The lowest BCUT2D eigenvalue weighted by molar-refractivity contribution is -0.143. The first-order valence-corrected chi connectivity index (χ1v) is 9.02. The fourth-order valence-electron chi connectivity index (χ4n) is 2.71. The Bertz CT molecular complexity index is 1020. The van der Waals surface area contributed by atoms with Crippen molar-refractivity contribution in [3.63, 3.8) is 0 Å². The predicted octanol–water partition coefficient (Wildman–Crippen LogP) is 3.93. The Morgan fingerprint density at radius 3 is 2.57 bits per heavy atom. The molecule has 3 rings (SSSR count). The molecular weight excluding hydrogens is 404 g/mol. The Kier molecular flexibility index (Phi) is 6.34. The van der Waals surface area contributed by atoms with Gasteiger partial charge in [-0.05, 0) is 55.3 Å². The maximum atomic E-state index is 13.6. The number of carbonyl (C=O) groups is 1. The number of ether oxygens (including phenoxy) is 1. The molecule has 2 aromatic carbocycles. The molecule has 10 heteroatoms. The van der Waals surface area contributed by atoms with Crippen LogP contribution in [-0.2, 0) is 6.18 Å². The van der Waals surface area contributed by atoms with E-state index >= 15 is 0 Å². The van der Waals surface area contributed by atoms with E-state index in [9.17, 15) is 22.4 Å². The van der Waals surface area contributed by atoms with Crippen LogP contribution >= 0.6 is 0 Å². The van der Waals surface area contributed by atoms with E-state index in [1.54, 1.807) is 6.07 Å². The van der Waals surface area contributed by atoms with Gasteiger partial charge in [0.2, 0.25) is 0 Å². The summed E-state index contributed by atoms with van der Waals surface area (Å²) in [5.74, 6) is -0.951. The van der Waals surface area contributed by atoms with Gasteiger partial charge in [0.15, 0.2) is 11.4 Å². The van der Waals surface area contributed by atoms with Crippen LogP contribution in [0.15, 0.2) is 48.5 Å². The lowest BCUT2D eigenvalue weighted by atomic mass is 10.2. The van der Waals surface area contributed by atoms with E-state index in [4.69, 9.17) is 4.74 Å². The van der Waals surface area contributed by atoms with Crippen LogP contribution in [0.1, 0.15) is 28.2 Å². The molecule has 0 radical (unpaired) electrons. The predicted molar refractivity (Wildman–Crippen MR) is 99.9 cm³/mol. The summed E-state index contributed by atoms with van der Waals surface area (Å²) in [6, 6.07) is 11.6. The minimum atomic E-state index is -4.89. The lowest BCUT2D eigenvalue weighted by Gasteiger charge is -2.11. The van der Waals surface area contributed by atoms with Crippen LogP contribution in [0.25, 0.3) is 5.69 Å². The van der Waals surface area contributed by atoms with Gasteiger partial charge in [0.05, 0.1) is 12.3 Å². The van der Waals surface area contributed by atoms with Crippen molar-refractivity contribution in [3.8, 4) is 11.4 Å². The molecule has 1 heterocycles. The smallest absolute Gasteiger partial charge is 0.435 e. The fraction of sp³-hybridized carbons (Fsp3) is 0.250. The van der Waals surface area contributed by atoms with Gasteiger partial charge in [-0.2, -0.15) is 13.2 Å². The topological polar surface area (TPSA) is 69.0 Å². The number of amides is 1. The van der Waals surface area contributed by atoms with Crippen molar-refractivity contribution < 1.29 is 27.1 Å². The summed E-state index contributed by atoms with van der Waals surface area (Å²) in [6.45, 7) is 2.29. The molecule has 158 valence electrons. The summed E-state index contributed by atoms with van der Waals surface area (Å²) in [7, 11) is 0. The van der Waals surface area contributed by atoms with E-state index in [2.05, 4.69) is 15.6 Å². The highest BCUT2D eigenvalue weighted by Crippen LogP contribution is 2.32. The first-order chi connectivity index (χ1) is 14.3. The van der Waals surface area contributed by atoms with Crippen LogP contribution in [0.3, 0.4) is 0 Å². The van der Waals surface area contributed by atoms with Gasteiger partial charge in [-0.15, -0.1) is 5.10 Å². The van der Waals surface area contributed by atoms with Gasteiger partial charge < -0.3 is 10.1 Å². The van der Waals surface area contributed by atoms with E-state index in [0.717, 1.165) is 29.8 Å². The number of hydrogen-bond donors (Lipinski definition) is 1. The third kappa shape index (κ3) is 5.13. The zero-order chi connectivity index (χ0) is 21.7. The molecular formula is C20H18F4N4O2. The molecule has 3 aromatic rings. The fourth-order valence-corrected chi connectivity index (χ4v) is 2.71. The Hall–Kier alpha value is -3.43. The molecule has 1 amide bonds.